The third-order valence-corrected chi connectivity index (χ3v) is 5.19. The van der Waals surface area contributed by atoms with Gasteiger partial charge in [0.1, 0.15) is 5.65 Å². The van der Waals surface area contributed by atoms with E-state index >= 15 is 0 Å². The zero-order valence-corrected chi connectivity index (χ0v) is 14.7. The third-order valence-electron chi connectivity index (χ3n) is 3.99. The summed E-state index contributed by atoms with van der Waals surface area (Å²) in [4.78, 5) is 20.8. The second-order valence-corrected chi connectivity index (χ2v) is 6.98. The normalized spacial score (nSPS) is 10.9. The number of fused-ring (bicyclic) bond motifs is 1. The molecule has 1 amide bonds. The molecule has 0 atom stereocenters. The van der Waals surface area contributed by atoms with Gasteiger partial charge in [0, 0.05) is 28.5 Å². The van der Waals surface area contributed by atoms with Gasteiger partial charge in [-0.05, 0) is 65.4 Å². The number of anilines is 1. The maximum absolute atomic E-state index is 12.6. The predicted molar refractivity (Wildman–Crippen MR) is 103 cm³/mol. The van der Waals surface area contributed by atoms with E-state index in [2.05, 4.69) is 15.3 Å². The minimum absolute atomic E-state index is 0.105. The van der Waals surface area contributed by atoms with Crippen molar-refractivity contribution in [3.63, 3.8) is 0 Å². The zero-order valence-electron chi connectivity index (χ0n) is 13.1. The minimum Gasteiger partial charge on any atom is -0.346 e. The molecule has 3 heterocycles. The summed E-state index contributed by atoms with van der Waals surface area (Å²) in [6.45, 7) is 0. The Morgan fingerprint density at radius 3 is 2.80 bits per heavy atom. The van der Waals surface area contributed by atoms with Crippen LogP contribution in [-0.2, 0) is 6.42 Å². The first-order chi connectivity index (χ1) is 12.2. The smallest absolute Gasteiger partial charge is 0.266 e. The number of pyridine rings is 1. The summed E-state index contributed by atoms with van der Waals surface area (Å²) in [5, 5.41) is 6.59. The third kappa shape index (κ3) is 3.29. The van der Waals surface area contributed by atoms with Crippen molar-refractivity contribution in [3.8, 4) is 0 Å². The molecular formula is C19H14ClN3OS. The Bertz CT molecular complexity index is 1040. The van der Waals surface area contributed by atoms with Gasteiger partial charge < -0.3 is 10.3 Å². The molecule has 0 aliphatic heterocycles. The standard InChI is InChI=1S/C19H14ClN3OS/c20-14-1-3-15(4-2-14)23-19(24)17-13(7-10-25-17)11-12-5-8-21-18-16(12)6-9-22-18/h1-10H,11H2,(H,21,22)(H,23,24). The molecule has 1 aromatic carbocycles. The first-order valence-corrected chi connectivity index (χ1v) is 9.01. The molecule has 0 aliphatic carbocycles. The van der Waals surface area contributed by atoms with Gasteiger partial charge in [-0.15, -0.1) is 11.3 Å². The van der Waals surface area contributed by atoms with Gasteiger partial charge in [-0.1, -0.05) is 11.6 Å². The van der Waals surface area contributed by atoms with Crippen molar-refractivity contribution in [1.82, 2.24) is 9.97 Å². The van der Waals surface area contributed by atoms with Gasteiger partial charge in [-0.25, -0.2) is 4.98 Å². The quantitative estimate of drug-likeness (QED) is 0.526. The Morgan fingerprint density at radius 2 is 1.96 bits per heavy atom. The lowest BCUT2D eigenvalue weighted by molar-refractivity contribution is 0.103. The van der Waals surface area contributed by atoms with Crippen molar-refractivity contribution >= 4 is 45.6 Å². The van der Waals surface area contributed by atoms with E-state index in [1.54, 1.807) is 30.5 Å². The molecule has 0 saturated carbocycles. The molecule has 6 heteroatoms. The molecule has 0 spiro atoms. The van der Waals surface area contributed by atoms with Crippen molar-refractivity contribution in [2.45, 2.75) is 6.42 Å². The number of halogens is 1. The number of nitrogens with one attached hydrogen (secondary N) is 2. The van der Waals surface area contributed by atoms with Gasteiger partial charge in [0.15, 0.2) is 0 Å². The molecule has 0 bridgehead atoms. The number of aromatic nitrogens is 2. The van der Waals surface area contributed by atoms with Crippen LogP contribution in [0.15, 0.2) is 60.2 Å². The van der Waals surface area contributed by atoms with Gasteiger partial charge >= 0.3 is 0 Å². The highest BCUT2D eigenvalue weighted by molar-refractivity contribution is 7.12. The van der Waals surface area contributed by atoms with Crippen molar-refractivity contribution < 1.29 is 4.79 Å². The molecule has 4 nitrogen and oxygen atoms in total. The van der Waals surface area contributed by atoms with Crippen LogP contribution in [-0.4, -0.2) is 15.9 Å². The van der Waals surface area contributed by atoms with Gasteiger partial charge in [-0.2, -0.15) is 0 Å². The molecule has 124 valence electrons. The summed E-state index contributed by atoms with van der Waals surface area (Å²) in [5.41, 5.74) is 3.74. The van der Waals surface area contributed by atoms with E-state index in [0.717, 1.165) is 32.7 Å². The Hall–Kier alpha value is -2.63. The number of carbonyl (C=O) groups is 1. The van der Waals surface area contributed by atoms with E-state index in [1.165, 1.54) is 11.3 Å². The number of benzene rings is 1. The van der Waals surface area contributed by atoms with Crippen LogP contribution < -0.4 is 5.32 Å². The number of aromatic amines is 1. The Labute approximate surface area is 153 Å². The fraction of sp³-hybridized carbons (Fsp3) is 0.0526. The van der Waals surface area contributed by atoms with E-state index < -0.39 is 0 Å². The average molecular weight is 368 g/mol. The second-order valence-electron chi connectivity index (χ2n) is 5.62. The van der Waals surface area contributed by atoms with Crippen molar-refractivity contribution in [1.29, 1.82) is 0 Å². The van der Waals surface area contributed by atoms with Crippen LogP contribution in [0.2, 0.25) is 5.02 Å². The predicted octanol–water partition coefficient (Wildman–Crippen LogP) is 5.12. The van der Waals surface area contributed by atoms with E-state index in [9.17, 15) is 4.79 Å². The van der Waals surface area contributed by atoms with Crippen LogP contribution in [0, 0.1) is 0 Å². The fourth-order valence-electron chi connectivity index (χ4n) is 2.77. The summed E-state index contributed by atoms with van der Waals surface area (Å²) in [7, 11) is 0. The van der Waals surface area contributed by atoms with Gasteiger partial charge in [0.05, 0.1) is 4.88 Å². The number of carbonyl (C=O) groups excluding carboxylic acids is 1. The van der Waals surface area contributed by atoms with Crippen LogP contribution in [0.5, 0.6) is 0 Å². The maximum atomic E-state index is 12.6. The van der Waals surface area contributed by atoms with Gasteiger partial charge in [0.25, 0.3) is 5.91 Å². The topological polar surface area (TPSA) is 57.8 Å². The molecule has 0 saturated heterocycles. The number of hydrogen-bond acceptors (Lipinski definition) is 3. The summed E-state index contributed by atoms with van der Waals surface area (Å²) in [5.74, 6) is -0.105. The maximum Gasteiger partial charge on any atom is 0.266 e. The average Bonchev–Trinajstić information content (AvgIpc) is 3.26. The number of nitrogens with zero attached hydrogens (tertiary/aromatic N) is 1. The monoisotopic (exact) mass is 367 g/mol. The summed E-state index contributed by atoms with van der Waals surface area (Å²) in [6.07, 6.45) is 4.35. The number of H-pyrrole nitrogens is 1. The largest absolute Gasteiger partial charge is 0.346 e. The van der Waals surface area contributed by atoms with Crippen LogP contribution in [0.25, 0.3) is 11.0 Å². The number of hydrogen-bond donors (Lipinski definition) is 2. The molecule has 4 aromatic rings. The van der Waals surface area contributed by atoms with Crippen molar-refractivity contribution in [2.24, 2.45) is 0 Å². The highest BCUT2D eigenvalue weighted by Gasteiger charge is 2.15. The summed E-state index contributed by atoms with van der Waals surface area (Å²) in [6, 6.07) is 13.1. The Kier molecular flexibility index (Phi) is 4.26. The van der Waals surface area contributed by atoms with E-state index in [-0.39, 0.29) is 5.91 Å². The van der Waals surface area contributed by atoms with E-state index in [0.29, 0.717) is 11.4 Å². The SMILES string of the molecule is O=C(Nc1ccc(Cl)cc1)c1sccc1Cc1ccnc2[nH]ccc12. The van der Waals surface area contributed by atoms with Crippen LogP contribution >= 0.6 is 22.9 Å². The second kappa shape index (κ2) is 6.70. The fourth-order valence-corrected chi connectivity index (χ4v) is 3.72. The number of amides is 1. The summed E-state index contributed by atoms with van der Waals surface area (Å²) >= 11 is 7.33. The van der Waals surface area contributed by atoms with Crippen molar-refractivity contribution in [2.75, 3.05) is 5.32 Å². The molecule has 3 aromatic heterocycles. The molecule has 0 fully saturated rings. The van der Waals surface area contributed by atoms with Crippen molar-refractivity contribution in [3.05, 3.63) is 81.3 Å². The Morgan fingerprint density at radius 1 is 1.12 bits per heavy atom. The lowest BCUT2D eigenvalue weighted by atomic mass is 10.0. The van der Waals surface area contributed by atoms with Crippen LogP contribution in [0.1, 0.15) is 20.8 Å². The molecular weight excluding hydrogens is 354 g/mol. The van der Waals surface area contributed by atoms with E-state index in [1.807, 2.05) is 29.8 Å². The Balaban J connectivity index is 1.59. The number of thiophene rings is 1. The highest BCUT2D eigenvalue weighted by Crippen LogP contribution is 2.25. The van der Waals surface area contributed by atoms with Gasteiger partial charge in [0.2, 0.25) is 0 Å². The molecule has 0 unspecified atom stereocenters. The molecule has 25 heavy (non-hydrogen) atoms. The first-order valence-electron chi connectivity index (χ1n) is 7.75. The lowest BCUT2D eigenvalue weighted by Gasteiger charge is -2.07. The van der Waals surface area contributed by atoms with Crippen LogP contribution in [0.3, 0.4) is 0 Å². The molecule has 2 N–H and O–H groups in total. The summed E-state index contributed by atoms with van der Waals surface area (Å²) < 4.78 is 0. The molecule has 0 aliphatic rings. The van der Waals surface area contributed by atoms with E-state index in [4.69, 9.17) is 11.6 Å². The lowest BCUT2D eigenvalue weighted by Crippen LogP contribution is -2.12. The zero-order chi connectivity index (χ0) is 17.2. The minimum atomic E-state index is -0.105. The molecule has 0 radical (unpaired) electrons. The highest BCUT2D eigenvalue weighted by atomic mass is 35.5. The number of rotatable bonds is 4. The van der Waals surface area contributed by atoms with Crippen LogP contribution in [0.4, 0.5) is 5.69 Å². The first kappa shape index (κ1) is 15.9. The molecule has 4 rings (SSSR count). The van der Waals surface area contributed by atoms with Gasteiger partial charge in [-0.3, -0.25) is 4.79 Å².